The number of benzene rings is 2. The van der Waals surface area contributed by atoms with Gasteiger partial charge in [-0.15, -0.1) is 11.3 Å². The Kier molecular flexibility index (Phi) is 5.77. The van der Waals surface area contributed by atoms with Crippen molar-refractivity contribution in [1.82, 2.24) is 4.98 Å². The van der Waals surface area contributed by atoms with E-state index in [1.54, 1.807) is 17.4 Å². The minimum Gasteiger partial charge on any atom is -0.320 e. The van der Waals surface area contributed by atoms with Gasteiger partial charge in [0.1, 0.15) is 5.84 Å². The van der Waals surface area contributed by atoms with E-state index in [4.69, 9.17) is 28.2 Å². The molecule has 3 nitrogen and oxygen atoms in total. The highest BCUT2D eigenvalue weighted by Gasteiger charge is 2.12. The Hall–Kier alpha value is -1.88. The van der Waals surface area contributed by atoms with E-state index in [0.29, 0.717) is 10.0 Å². The van der Waals surface area contributed by atoms with Gasteiger partial charge in [-0.3, -0.25) is 4.99 Å². The molecule has 1 N–H and O–H groups in total. The average molecular weight is 416 g/mol. The highest BCUT2D eigenvalue weighted by Crippen LogP contribution is 2.30. The Morgan fingerprint density at radius 2 is 1.85 bits per heavy atom. The highest BCUT2D eigenvalue weighted by molar-refractivity contribution is 7.14. The minimum absolute atomic E-state index is 0.656. The lowest BCUT2D eigenvalue weighted by Crippen LogP contribution is -2.15. The van der Waals surface area contributed by atoms with Gasteiger partial charge >= 0.3 is 0 Å². The highest BCUT2D eigenvalue weighted by atomic mass is 35.5. The van der Waals surface area contributed by atoms with Crippen LogP contribution in [0.15, 0.2) is 52.8 Å². The van der Waals surface area contributed by atoms with E-state index in [9.17, 15) is 0 Å². The van der Waals surface area contributed by atoms with E-state index in [-0.39, 0.29) is 0 Å². The maximum Gasteiger partial charge on any atom is 0.188 e. The topological polar surface area (TPSA) is 37.3 Å². The van der Waals surface area contributed by atoms with Gasteiger partial charge in [0.25, 0.3) is 0 Å². The van der Waals surface area contributed by atoms with E-state index in [2.05, 4.69) is 27.8 Å². The van der Waals surface area contributed by atoms with Crippen molar-refractivity contribution in [2.75, 3.05) is 11.9 Å². The molecule has 0 atom stereocenters. The predicted molar refractivity (Wildman–Crippen MR) is 117 cm³/mol. The second-order valence-corrected chi connectivity index (χ2v) is 8.29. The molecule has 1 aliphatic heterocycles. The van der Waals surface area contributed by atoms with Crippen molar-refractivity contribution in [3.8, 4) is 11.3 Å². The molecule has 6 heteroatoms. The number of aliphatic imine (C=N–C) groups is 1. The summed E-state index contributed by atoms with van der Waals surface area (Å²) in [4.78, 5) is 9.33. The number of hydrogen-bond acceptors (Lipinski definition) is 4. The molecule has 1 aromatic heterocycles. The molecule has 0 saturated carbocycles. The largest absolute Gasteiger partial charge is 0.320 e. The van der Waals surface area contributed by atoms with E-state index >= 15 is 0 Å². The Morgan fingerprint density at radius 1 is 1.04 bits per heavy atom. The number of hydrogen-bond donors (Lipinski definition) is 1. The molecule has 0 radical (unpaired) electrons. The molecule has 0 unspecified atom stereocenters. The first kappa shape index (κ1) is 18.5. The lowest BCUT2D eigenvalue weighted by atomic mass is 9.98. The third-order valence-electron chi connectivity index (χ3n) is 4.49. The van der Waals surface area contributed by atoms with Crippen molar-refractivity contribution < 1.29 is 0 Å². The number of aromatic nitrogens is 1. The van der Waals surface area contributed by atoms with Crippen LogP contribution in [-0.4, -0.2) is 17.4 Å². The number of nitrogens with zero attached hydrogens (tertiary/aromatic N) is 2. The first-order chi connectivity index (χ1) is 13.2. The van der Waals surface area contributed by atoms with Gasteiger partial charge in [-0.2, -0.15) is 0 Å². The summed E-state index contributed by atoms with van der Waals surface area (Å²) in [5.41, 5.74) is 4.39. The van der Waals surface area contributed by atoms with Crippen LogP contribution in [0.1, 0.15) is 30.4 Å². The summed E-state index contributed by atoms with van der Waals surface area (Å²) in [5, 5.41) is 7.68. The number of nitrogens with one attached hydrogen (secondary N) is 1. The normalized spacial score (nSPS) is 14.1. The smallest absolute Gasteiger partial charge is 0.188 e. The molecule has 138 valence electrons. The van der Waals surface area contributed by atoms with Crippen LogP contribution in [0.2, 0.25) is 10.0 Å². The first-order valence-electron chi connectivity index (χ1n) is 8.96. The van der Waals surface area contributed by atoms with Crippen LogP contribution in [-0.2, 0) is 6.42 Å². The van der Waals surface area contributed by atoms with Crippen LogP contribution < -0.4 is 5.32 Å². The van der Waals surface area contributed by atoms with Gasteiger partial charge in [-0.05, 0) is 48.6 Å². The lowest BCUT2D eigenvalue weighted by Gasteiger charge is -2.11. The Balaban J connectivity index is 1.58. The van der Waals surface area contributed by atoms with Gasteiger partial charge in [0.05, 0.1) is 5.69 Å². The summed E-state index contributed by atoms with van der Waals surface area (Å²) >= 11 is 13.9. The number of anilines is 1. The Bertz CT molecular complexity index is 961. The third-order valence-corrected chi connectivity index (χ3v) is 5.68. The third kappa shape index (κ3) is 4.70. The molecule has 1 aliphatic rings. The van der Waals surface area contributed by atoms with E-state index in [0.717, 1.165) is 47.2 Å². The monoisotopic (exact) mass is 415 g/mol. The zero-order valence-corrected chi connectivity index (χ0v) is 17.0. The van der Waals surface area contributed by atoms with Gasteiger partial charge in [0, 0.05) is 34.0 Å². The van der Waals surface area contributed by atoms with Crippen molar-refractivity contribution in [3.05, 3.63) is 69.0 Å². The van der Waals surface area contributed by atoms with Gasteiger partial charge in [0.15, 0.2) is 5.13 Å². The van der Waals surface area contributed by atoms with Crippen LogP contribution in [0.4, 0.5) is 5.13 Å². The number of amidine groups is 1. The summed E-state index contributed by atoms with van der Waals surface area (Å²) in [6.07, 6.45) is 4.12. The molecule has 0 fully saturated rings. The lowest BCUT2D eigenvalue weighted by molar-refractivity contribution is 0.737. The molecular weight excluding hydrogens is 397 g/mol. The number of halogens is 2. The molecule has 0 bridgehead atoms. The Labute approximate surface area is 173 Å². The molecule has 0 spiro atoms. The molecular formula is C21H19Cl2N3S. The summed E-state index contributed by atoms with van der Waals surface area (Å²) in [6.45, 7) is 0.908. The van der Waals surface area contributed by atoms with E-state index in [1.807, 2.05) is 24.3 Å². The summed E-state index contributed by atoms with van der Waals surface area (Å²) in [5.74, 6) is 1.05. The SMILES string of the molecule is Clc1cc(Cl)cc(Cc2ccccc2-c2csc(NC3=NCCCC3)n2)c1. The van der Waals surface area contributed by atoms with E-state index in [1.165, 1.54) is 18.4 Å². The zero-order chi connectivity index (χ0) is 18.6. The van der Waals surface area contributed by atoms with Crippen molar-refractivity contribution in [2.45, 2.75) is 25.7 Å². The van der Waals surface area contributed by atoms with Crippen molar-refractivity contribution in [1.29, 1.82) is 0 Å². The fourth-order valence-corrected chi connectivity index (χ4v) is 4.54. The molecule has 0 saturated heterocycles. The van der Waals surface area contributed by atoms with Crippen LogP contribution in [0.3, 0.4) is 0 Å². The predicted octanol–water partition coefficient (Wildman–Crippen LogP) is 6.70. The van der Waals surface area contributed by atoms with Gasteiger partial charge in [-0.1, -0.05) is 47.5 Å². The number of thiazole rings is 1. The van der Waals surface area contributed by atoms with Crippen LogP contribution in [0.5, 0.6) is 0 Å². The van der Waals surface area contributed by atoms with Crippen molar-refractivity contribution in [2.24, 2.45) is 4.99 Å². The maximum atomic E-state index is 6.15. The van der Waals surface area contributed by atoms with Gasteiger partial charge in [-0.25, -0.2) is 4.98 Å². The second kappa shape index (κ2) is 8.42. The van der Waals surface area contributed by atoms with Crippen LogP contribution in [0, 0.1) is 0 Å². The molecule has 2 heterocycles. The summed E-state index contributed by atoms with van der Waals surface area (Å²) in [6, 6.07) is 14.0. The molecule has 0 amide bonds. The van der Waals surface area contributed by atoms with E-state index < -0.39 is 0 Å². The second-order valence-electron chi connectivity index (χ2n) is 6.56. The molecule has 4 rings (SSSR count). The standard InChI is InChI=1S/C21H19Cl2N3S/c22-16-10-14(11-17(23)12-16)9-15-5-1-2-6-18(15)19-13-27-21(25-19)26-20-7-3-4-8-24-20/h1-2,5-6,10-13H,3-4,7-9H2,(H,24,25,26). The van der Waals surface area contributed by atoms with Crippen LogP contribution in [0.25, 0.3) is 11.3 Å². The molecule has 27 heavy (non-hydrogen) atoms. The molecule has 2 aromatic carbocycles. The maximum absolute atomic E-state index is 6.15. The minimum atomic E-state index is 0.656. The van der Waals surface area contributed by atoms with Crippen molar-refractivity contribution >= 4 is 45.5 Å². The quantitative estimate of drug-likeness (QED) is 0.514. The van der Waals surface area contributed by atoms with Crippen molar-refractivity contribution in [3.63, 3.8) is 0 Å². The molecule has 3 aromatic rings. The zero-order valence-electron chi connectivity index (χ0n) is 14.7. The number of rotatable bonds is 4. The molecule has 0 aliphatic carbocycles. The van der Waals surface area contributed by atoms with Gasteiger partial charge < -0.3 is 5.32 Å². The van der Waals surface area contributed by atoms with Gasteiger partial charge in [0.2, 0.25) is 0 Å². The summed E-state index contributed by atoms with van der Waals surface area (Å²) in [7, 11) is 0. The first-order valence-corrected chi connectivity index (χ1v) is 10.6. The van der Waals surface area contributed by atoms with Crippen LogP contribution >= 0.6 is 34.5 Å². The summed E-state index contributed by atoms with van der Waals surface area (Å²) < 4.78 is 0. The fraction of sp³-hybridized carbons (Fsp3) is 0.238. The Morgan fingerprint density at radius 3 is 2.63 bits per heavy atom. The fourth-order valence-electron chi connectivity index (χ4n) is 3.23. The average Bonchev–Trinajstić information content (AvgIpc) is 3.10.